The van der Waals surface area contributed by atoms with Gasteiger partial charge < -0.3 is 21.9 Å². The minimum Gasteiger partial charge on any atom is -0.508 e. The van der Waals surface area contributed by atoms with Crippen molar-refractivity contribution < 1.29 is 14.3 Å². The number of rotatable bonds is 5. The van der Waals surface area contributed by atoms with Crippen molar-refractivity contribution in [3.05, 3.63) is 59.4 Å². The number of nitrogens with zero attached hydrogens (tertiary/aromatic N) is 1. The summed E-state index contributed by atoms with van der Waals surface area (Å²) in [6.45, 7) is 1.83. The van der Waals surface area contributed by atoms with Crippen LogP contribution in [0, 0.1) is 5.82 Å². The van der Waals surface area contributed by atoms with Gasteiger partial charge in [-0.2, -0.15) is 0 Å². The second kappa shape index (κ2) is 8.20. The summed E-state index contributed by atoms with van der Waals surface area (Å²) in [5.41, 5.74) is 12.7. The van der Waals surface area contributed by atoms with E-state index in [0.717, 1.165) is 11.3 Å². The largest absolute Gasteiger partial charge is 0.508 e. The van der Waals surface area contributed by atoms with Crippen molar-refractivity contribution in [2.45, 2.75) is 31.3 Å². The second-order valence-corrected chi connectivity index (χ2v) is 8.10. The third-order valence-electron chi connectivity index (χ3n) is 4.74. The van der Waals surface area contributed by atoms with Crippen molar-refractivity contribution in [1.29, 1.82) is 0 Å². The number of thioether (sulfide) groups is 1. The van der Waals surface area contributed by atoms with Crippen molar-refractivity contribution in [3.63, 3.8) is 0 Å². The number of amides is 1. The highest BCUT2D eigenvalue weighted by molar-refractivity contribution is 8.13. The van der Waals surface area contributed by atoms with Crippen molar-refractivity contribution >= 4 is 28.5 Å². The van der Waals surface area contributed by atoms with E-state index < -0.39 is 17.4 Å². The number of aliphatic imine (C=N–C) groups is 1. The van der Waals surface area contributed by atoms with Crippen LogP contribution in [-0.2, 0) is 16.8 Å². The molecule has 8 heteroatoms. The molecule has 1 amide bonds. The molecule has 2 atom stereocenters. The zero-order valence-corrected chi connectivity index (χ0v) is 16.3. The molecule has 3 rings (SSSR count). The van der Waals surface area contributed by atoms with E-state index in [1.807, 2.05) is 6.92 Å². The predicted octanol–water partition coefficient (Wildman–Crippen LogP) is 2.71. The van der Waals surface area contributed by atoms with Crippen LogP contribution in [0.3, 0.4) is 0 Å². The Balaban J connectivity index is 1.74. The molecule has 6 N–H and O–H groups in total. The number of carbonyl (C=O) groups is 1. The number of halogens is 1. The van der Waals surface area contributed by atoms with Crippen molar-refractivity contribution in [3.8, 4) is 5.75 Å². The molecule has 1 aliphatic rings. The molecular weight excluding hydrogens is 379 g/mol. The summed E-state index contributed by atoms with van der Waals surface area (Å²) in [5.74, 6) is 0.133. The summed E-state index contributed by atoms with van der Waals surface area (Å²) in [6, 6.07) is 10.1. The molecule has 0 saturated heterocycles. The van der Waals surface area contributed by atoms with Crippen LogP contribution in [0.4, 0.5) is 10.1 Å². The van der Waals surface area contributed by atoms with E-state index in [4.69, 9.17) is 11.5 Å². The van der Waals surface area contributed by atoms with Gasteiger partial charge in [0, 0.05) is 17.0 Å². The highest BCUT2D eigenvalue weighted by Crippen LogP contribution is 2.37. The maximum atomic E-state index is 14.5. The molecule has 1 heterocycles. The van der Waals surface area contributed by atoms with Crippen molar-refractivity contribution in [1.82, 2.24) is 0 Å². The normalized spacial score (nSPS) is 20.3. The van der Waals surface area contributed by atoms with Crippen LogP contribution >= 0.6 is 11.8 Å². The van der Waals surface area contributed by atoms with Gasteiger partial charge in [0.1, 0.15) is 11.6 Å². The van der Waals surface area contributed by atoms with E-state index in [9.17, 15) is 14.3 Å². The number of benzene rings is 2. The van der Waals surface area contributed by atoms with Gasteiger partial charge in [-0.05, 0) is 55.7 Å². The van der Waals surface area contributed by atoms with Gasteiger partial charge >= 0.3 is 0 Å². The molecule has 0 saturated carbocycles. The molecule has 0 radical (unpaired) electrons. The number of hydrogen-bond acceptors (Lipinski definition) is 6. The first-order valence-corrected chi connectivity index (χ1v) is 9.88. The smallest absolute Gasteiger partial charge is 0.241 e. The number of phenolic OH excluding ortho intramolecular Hbond substituents is 1. The SMILES string of the molecule is C[C@@]1(c2cc(NC(=O)[C@@H](N)Cc3ccc(O)cc3)ccc2F)CCSC(N)=N1. The highest BCUT2D eigenvalue weighted by atomic mass is 32.2. The lowest BCUT2D eigenvalue weighted by atomic mass is 9.89. The molecule has 0 unspecified atom stereocenters. The first kappa shape index (κ1) is 20.2. The van der Waals surface area contributed by atoms with E-state index >= 15 is 0 Å². The third-order valence-corrected chi connectivity index (χ3v) is 5.53. The minimum absolute atomic E-state index is 0.151. The quantitative estimate of drug-likeness (QED) is 0.614. The lowest BCUT2D eigenvalue weighted by Gasteiger charge is -2.30. The van der Waals surface area contributed by atoms with Crippen LogP contribution in [0.15, 0.2) is 47.5 Å². The lowest BCUT2D eigenvalue weighted by Crippen LogP contribution is -2.37. The van der Waals surface area contributed by atoms with Gasteiger partial charge in [0.05, 0.1) is 11.6 Å². The first-order chi connectivity index (χ1) is 13.3. The number of aromatic hydroxyl groups is 1. The summed E-state index contributed by atoms with van der Waals surface area (Å²) < 4.78 is 14.5. The van der Waals surface area contributed by atoms with Gasteiger partial charge in [-0.25, -0.2) is 4.39 Å². The van der Waals surface area contributed by atoms with Gasteiger partial charge in [-0.1, -0.05) is 23.9 Å². The molecule has 2 aromatic carbocycles. The van der Waals surface area contributed by atoms with E-state index in [1.54, 1.807) is 30.3 Å². The van der Waals surface area contributed by atoms with Crippen LogP contribution in [0.2, 0.25) is 0 Å². The number of nitrogens with two attached hydrogens (primary N) is 2. The predicted molar refractivity (Wildman–Crippen MR) is 111 cm³/mol. The molecule has 0 spiro atoms. The molecule has 0 aliphatic carbocycles. The minimum atomic E-state index is -0.784. The van der Waals surface area contributed by atoms with Gasteiger partial charge in [-0.15, -0.1) is 0 Å². The summed E-state index contributed by atoms with van der Waals surface area (Å²) in [4.78, 5) is 16.9. The average molecular weight is 402 g/mol. The molecule has 0 aromatic heterocycles. The third kappa shape index (κ3) is 4.63. The molecule has 1 aliphatic heterocycles. The zero-order valence-electron chi connectivity index (χ0n) is 15.5. The van der Waals surface area contributed by atoms with E-state index in [-0.39, 0.29) is 11.7 Å². The van der Waals surface area contributed by atoms with Gasteiger partial charge in [0.15, 0.2) is 5.17 Å². The topological polar surface area (TPSA) is 114 Å². The van der Waals surface area contributed by atoms with Crippen molar-refractivity contribution in [2.24, 2.45) is 16.5 Å². The fraction of sp³-hybridized carbons (Fsp3) is 0.300. The van der Waals surface area contributed by atoms with Crippen LogP contribution in [0.1, 0.15) is 24.5 Å². The number of hydrogen-bond donors (Lipinski definition) is 4. The average Bonchev–Trinajstić information content (AvgIpc) is 2.64. The Morgan fingerprint density at radius 2 is 2.07 bits per heavy atom. The van der Waals surface area contributed by atoms with Gasteiger partial charge in [-0.3, -0.25) is 9.79 Å². The molecule has 0 fully saturated rings. The zero-order chi connectivity index (χ0) is 20.3. The highest BCUT2D eigenvalue weighted by Gasteiger charge is 2.32. The van der Waals surface area contributed by atoms with Crippen LogP contribution < -0.4 is 16.8 Å². The summed E-state index contributed by atoms with van der Waals surface area (Å²) >= 11 is 1.44. The molecule has 148 valence electrons. The standard InChI is InChI=1S/C20H23FN4O2S/c1-20(8-9-28-19(23)25-20)15-11-13(4-7-16(15)21)24-18(27)17(22)10-12-2-5-14(26)6-3-12/h2-7,11,17,26H,8-10,22H2,1H3,(H2,23,25)(H,24,27)/t17-,20-/m0/s1. The number of phenols is 1. The van der Waals surface area contributed by atoms with E-state index in [2.05, 4.69) is 10.3 Å². The Morgan fingerprint density at radius 3 is 2.75 bits per heavy atom. The summed E-state index contributed by atoms with van der Waals surface area (Å²) in [6.07, 6.45) is 0.961. The second-order valence-electron chi connectivity index (χ2n) is 6.98. The van der Waals surface area contributed by atoms with Crippen molar-refractivity contribution in [2.75, 3.05) is 11.1 Å². The van der Waals surface area contributed by atoms with Crippen LogP contribution in [-0.4, -0.2) is 28.0 Å². The molecular formula is C20H23FN4O2S. The Kier molecular flexibility index (Phi) is 5.90. The number of carbonyl (C=O) groups excluding carboxylic acids is 1. The first-order valence-electron chi connectivity index (χ1n) is 8.89. The monoisotopic (exact) mass is 402 g/mol. The molecule has 6 nitrogen and oxygen atoms in total. The van der Waals surface area contributed by atoms with Gasteiger partial charge in [0.25, 0.3) is 0 Å². The molecule has 2 aromatic rings. The summed E-state index contributed by atoms with van der Waals surface area (Å²) in [5, 5.41) is 12.5. The molecule has 28 heavy (non-hydrogen) atoms. The Hall–Kier alpha value is -2.58. The fourth-order valence-electron chi connectivity index (χ4n) is 3.11. The lowest BCUT2D eigenvalue weighted by molar-refractivity contribution is -0.117. The number of nitrogens with one attached hydrogen (secondary N) is 1. The maximum absolute atomic E-state index is 14.5. The van der Waals surface area contributed by atoms with Crippen LogP contribution in [0.25, 0.3) is 0 Å². The van der Waals surface area contributed by atoms with Crippen LogP contribution in [0.5, 0.6) is 5.75 Å². The van der Waals surface area contributed by atoms with Gasteiger partial charge in [0.2, 0.25) is 5.91 Å². The Morgan fingerprint density at radius 1 is 1.36 bits per heavy atom. The fourth-order valence-corrected chi connectivity index (χ4v) is 4.08. The maximum Gasteiger partial charge on any atom is 0.241 e. The Labute approximate surface area is 167 Å². The number of amidine groups is 1. The Bertz CT molecular complexity index is 904. The van der Waals surface area contributed by atoms with E-state index in [1.165, 1.54) is 23.9 Å². The number of anilines is 1. The van der Waals surface area contributed by atoms with E-state index in [0.29, 0.717) is 29.3 Å². The molecule has 0 bridgehead atoms. The summed E-state index contributed by atoms with van der Waals surface area (Å²) in [7, 11) is 0.